The molecule has 2 N–H and O–H groups in total. The van der Waals surface area contributed by atoms with Crippen molar-refractivity contribution in [2.24, 2.45) is 0 Å². The van der Waals surface area contributed by atoms with Crippen LogP contribution in [0.5, 0.6) is 0 Å². The molecule has 0 amide bonds. The Morgan fingerprint density at radius 3 is 2.73 bits per heavy atom. The summed E-state index contributed by atoms with van der Waals surface area (Å²) >= 11 is 0. The van der Waals surface area contributed by atoms with Crippen molar-refractivity contribution in [2.75, 3.05) is 13.1 Å². The van der Waals surface area contributed by atoms with Crippen LogP contribution in [-0.2, 0) is 6.61 Å². The van der Waals surface area contributed by atoms with Crippen LogP contribution >= 0.6 is 0 Å². The van der Waals surface area contributed by atoms with Gasteiger partial charge in [-0.2, -0.15) is 0 Å². The molecule has 2 nitrogen and oxygen atoms in total. The Hall–Kier alpha value is -0.930. The van der Waals surface area contributed by atoms with E-state index in [1.54, 1.807) is 0 Å². The molecule has 1 aromatic carbocycles. The molecule has 0 aliphatic carbocycles. The predicted molar refractivity (Wildman–Crippen MR) is 57.2 cm³/mol. The van der Waals surface area contributed by atoms with Gasteiger partial charge in [-0.3, -0.25) is 0 Å². The summed E-state index contributed by atoms with van der Waals surface area (Å²) in [7, 11) is 0. The summed E-state index contributed by atoms with van der Waals surface area (Å²) in [6.07, 6.45) is 2.14. The van der Waals surface area contributed by atoms with Gasteiger partial charge in [-0.05, 0) is 55.1 Å². The van der Waals surface area contributed by atoms with Gasteiger partial charge in [0.1, 0.15) is 5.82 Å². The molecule has 1 saturated heterocycles. The standard InChI is InChI=1S/C12H16FNO/c13-11-1-2-12(10(7-11)8-15)9-3-5-14-6-4-9/h1-2,7,9,14-15H,3-6,8H2. The van der Waals surface area contributed by atoms with Crippen LogP contribution in [0.1, 0.15) is 29.9 Å². The Morgan fingerprint density at radius 2 is 2.07 bits per heavy atom. The fourth-order valence-electron chi connectivity index (χ4n) is 2.24. The highest BCUT2D eigenvalue weighted by Gasteiger charge is 2.17. The summed E-state index contributed by atoms with van der Waals surface area (Å²) in [5.41, 5.74) is 1.85. The molecule has 1 fully saturated rings. The molecule has 82 valence electrons. The van der Waals surface area contributed by atoms with Crippen molar-refractivity contribution in [1.29, 1.82) is 0 Å². The van der Waals surface area contributed by atoms with Crippen LogP contribution in [0.15, 0.2) is 18.2 Å². The molecule has 0 bridgehead atoms. The zero-order valence-corrected chi connectivity index (χ0v) is 8.67. The van der Waals surface area contributed by atoms with Gasteiger partial charge < -0.3 is 10.4 Å². The lowest BCUT2D eigenvalue weighted by molar-refractivity contribution is 0.278. The zero-order chi connectivity index (χ0) is 10.7. The van der Waals surface area contributed by atoms with Gasteiger partial charge in [-0.25, -0.2) is 4.39 Å². The largest absolute Gasteiger partial charge is 0.392 e. The summed E-state index contributed by atoms with van der Waals surface area (Å²) in [4.78, 5) is 0. The molecular weight excluding hydrogens is 193 g/mol. The molecule has 0 aromatic heterocycles. The van der Waals surface area contributed by atoms with Gasteiger partial charge in [-0.1, -0.05) is 6.07 Å². The highest BCUT2D eigenvalue weighted by molar-refractivity contribution is 5.31. The normalized spacial score (nSPS) is 18.0. The van der Waals surface area contributed by atoms with E-state index in [-0.39, 0.29) is 12.4 Å². The maximum absolute atomic E-state index is 13.0. The molecule has 1 aliphatic rings. The lowest BCUT2D eigenvalue weighted by Gasteiger charge is -2.24. The molecule has 0 saturated carbocycles. The smallest absolute Gasteiger partial charge is 0.123 e. The molecule has 0 radical (unpaired) electrons. The first-order valence-electron chi connectivity index (χ1n) is 5.41. The Kier molecular flexibility index (Phi) is 3.34. The average Bonchev–Trinajstić information content (AvgIpc) is 2.30. The zero-order valence-electron chi connectivity index (χ0n) is 8.67. The van der Waals surface area contributed by atoms with Crippen LogP contribution in [-0.4, -0.2) is 18.2 Å². The van der Waals surface area contributed by atoms with E-state index in [4.69, 9.17) is 0 Å². The Morgan fingerprint density at radius 1 is 1.33 bits per heavy atom. The summed E-state index contributed by atoms with van der Waals surface area (Å²) in [6.45, 7) is 1.94. The first kappa shape index (κ1) is 10.6. The van der Waals surface area contributed by atoms with Gasteiger partial charge in [0.25, 0.3) is 0 Å². The third kappa shape index (κ3) is 2.36. The lowest BCUT2D eigenvalue weighted by Crippen LogP contribution is -2.27. The monoisotopic (exact) mass is 209 g/mol. The van der Waals surface area contributed by atoms with E-state index >= 15 is 0 Å². The maximum Gasteiger partial charge on any atom is 0.123 e. The minimum Gasteiger partial charge on any atom is -0.392 e. The van der Waals surface area contributed by atoms with Crippen molar-refractivity contribution < 1.29 is 9.50 Å². The molecule has 1 heterocycles. The quantitative estimate of drug-likeness (QED) is 0.778. The van der Waals surface area contributed by atoms with Crippen molar-refractivity contribution in [3.05, 3.63) is 35.1 Å². The van der Waals surface area contributed by atoms with Crippen molar-refractivity contribution in [2.45, 2.75) is 25.4 Å². The Bertz CT molecular complexity index is 334. The molecule has 1 aliphatic heterocycles. The number of hydrogen-bond acceptors (Lipinski definition) is 2. The van der Waals surface area contributed by atoms with Gasteiger partial charge in [-0.15, -0.1) is 0 Å². The van der Waals surface area contributed by atoms with Crippen molar-refractivity contribution in [3.63, 3.8) is 0 Å². The van der Waals surface area contributed by atoms with Crippen LogP contribution in [0.3, 0.4) is 0 Å². The number of halogens is 1. The number of nitrogens with one attached hydrogen (secondary N) is 1. The number of aliphatic hydroxyl groups is 1. The number of benzene rings is 1. The second kappa shape index (κ2) is 4.73. The van der Waals surface area contributed by atoms with Crippen LogP contribution in [0.2, 0.25) is 0 Å². The Balaban J connectivity index is 2.25. The molecule has 15 heavy (non-hydrogen) atoms. The molecule has 2 rings (SSSR count). The number of piperidine rings is 1. The summed E-state index contributed by atoms with van der Waals surface area (Å²) in [6, 6.07) is 4.74. The van der Waals surface area contributed by atoms with Crippen LogP contribution in [0.4, 0.5) is 4.39 Å². The second-order valence-electron chi connectivity index (χ2n) is 4.03. The van der Waals surface area contributed by atoms with Crippen LogP contribution in [0, 0.1) is 5.82 Å². The first-order chi connectivity index (χ1) is 7.31. The summed E-state index contributed by atoms with van der Waals surface area (Å²) in [5.74, 6) is 0.200. The number of aliphatic hydroxyl groups excluding tert-OH is 1. The predicted octanol–water partition coefficient (Wildman–Crippen LogP) is 1.78. The van der Waals surface area contributed by atoms with E-state index in [0.29, 0.717) is 5.92 Å². The van der Waals surface area contributed by atoms with E-state index in [1.165, 1.54) is 12.1 Å². The molecule has 0 unspecified atom stereocenters. The third-order valence-corrected chi connectivity index (χ3v) is 3.05. The Labute approximate surface area is 89.1 Å². The van der Waals surface area contributed by atoms with Gasteiger partial charge in [0.05, 0.1) is 6.61 Å². The van der Waals surface area contributed by atoms with Gasteiger partial charge in [0, 0.05) is 0 Å². The minimum atomic E-state index is -0.267. The average molecular weight is 209 g/mol. The number of rotatable bonds is 2. The molecule has 0 spiro atoms. The second-order valence-corrected chi connectivity index (χ2v) is 4.03. The fourth-order valence-corrected chi connectivity index (χ4v) is 2.24. The van der Waals surface area contributed by atoms with E-state index < -0.39 is 0 Å². The SMILES string of the molecule is OCc1cc(F)ccc1C1CCNCC1. The molecule has 0 atom stereocenters. The maximum atomic E-state index is 13.0. The van der Waals surface area contributed by atoms with E-state index in [9.17, 15) is 9.50 Å². The van der Waals surface area contributed by atoms with E-state index in [0.717, 1.165) is 37.1 Å². The third-order valence-electron chi connectivity index (χ3n) is 3.05. The molecular formula is C12H16FNO. The van der Waals surface area contributed by atoms with Crippen molar-refractivity contribution in [1.82, 2.24) is 5.32 Å². The highest BCUT2D eigenvalue weighted by atomic mass is 19.1. The van der Waals surface area contributed by atoms with E-state index in [2.05, 4.69) is 5.32 Å². The molecule has 3 heteroatoms. The van der Waals surface area contributed by atoms with Crippen LogP contribution in [0.25, 0.3) is 0 Å². The van der Waals surface area contributed by atoms with E-state index in [1.807, 2.05) is 6.07 Å². The van der Waals surface area contributed by atoms with Gasteiger partial charge in [0.2, 0.25) is 0 Å². The summed E-state index contributed by atoms with van der Waals surface area (Å²) < 4.78 is 13.0. The van der Waals surface area contributed by atoms with Gasteiger partial charge in [0.15, 0.2) is 0 Å². The van der Waals surface area contributed by atoms with Crippen molar-refractivity contribution in [3.8, 4) is 0 Å². The topological polar surface area (TPSA) is 32.3 Å². The van der Waals surface area contributed by atoms with Crippen molar-refractivity contribution >= 4 is 0 Å². The lowest BCUT2D eigenvalue weighted by atomic mass is 9.87. The fraction of sp³-hybridized carbons (Fsp3) is 0.500. The molecule has 1 aromatic rings. The van der Waals surface area contributed by atoms with Gasteiger partial charge >= 0.3 is 0 Å². The van der Waals surface area contributed by atoms with Crippen LogP contribution < -0.4 is 5.32 Å². The minimum absolute atomic E-state index is 0.0724. The highest BCUT2D eigenvalue weighted by Crippen LogP contribution is 2.28. The number of hydrogen-bond donors (Lipinski definition) is 2. The summed E-state index contributed by atoms with van der Waals surface area (Å²) in [5, 5.41) is 12.5. The first-order valence-corrected chi connectivity index (χ1v) is 5.41.